The molecule has 0 saturated carbocycles. The van der Waals surface area contributed by atoms with Crippen LogP contribution >= 0.6 is 0 Å². The maximum atomic E-state index is 11.6. The lowest BCUT2D eigenvalue weighted by Crippen LogP contribution is -2.31. The van der Waals surface area contributed by atoms with Gasteiger partial charge in [0.2, 0.25) is 0 Å². The minimum absolute atomic E-state index is 0.0981. The van der Waals surface area contributed by atoms with Crippen molar-refractivity contribution >= 4 is 17.9 Å². The van der Waals surface area contributed by atoms with Crippen LogP contribution in [-0.4, -0.2) is 43.9 Å². The van der Waals surface area contributed by atoms with Gasteiger partial charge in [-0.25, -0.2) is 9.59 Å². The zero-order valence-electron chi connectivity index (χ0n) is 11.3. The first-order valence-electron chi connectivity index (χ1n) is 6.16. The number of aryl methyl sites for hydroxylation is 1. The number of aromatic nitrogens is 4. The molecule has 0 aliphatic rings. The van der Waals surface area contributed by atoms with E-state index < -0.39 is 12.0 Å². The van der Waals surface area contributed by atoms with Crippen molar-refractivity contribution in [1.82, 2.24) is 25.5 Å². The lowest BCUT2D eigenvalue weighted by atomic mass is 10.0. The van der Waals surface area contributed by atoms with Crippen LogP contribution in [0.4, 0.5) is 10.7 Å². The number of nitrogens with one attached hydrogen (secondary N) is 2. The Bertz CT molecular complexity index is 654. The SMILES string of the molecule is Cn1nnc(NC(=O)NCCc2ccccc2C(=O)O)n1. The van der Waals surface area contributed by atoms with Crippen molar-refractivity contribution in [2.24, 2.45) is 7.05 Å². The average molecular weight is 290 g/mol. The van der Waals surface area contributed by atoms with E-state index in [0.29, 0.717) is 12.0 Å². The molecular formula is C12H14N6O3. The lowest BCUT2D eigenvalue weighted by Gasteiger charge is -2.07. The van der Waals surface area contributed by atoms with Crippen molar-refractivity contribution in [3.8, 4) is 0 Å². The molecule has 0 atom stereocenters. The van der Waals surface area contributed by atoms with Crippen LogP contribution in [-0.2, 0) is 13.5 Å². The second-order valence-corrected chi connectivity index (χ2v) is 4.20. The fraction of sp³-hybridized carbons (Fsp3) is 0.250. The molecule has 3 N–H and O–H groups in total. The first kappa shape index (κ1) is 14.4. The quantitative estimate of drug-likeness (QED) is 0.726. The zero-order valence-corrected chi connectivity index (χ0v) is 11.3. The third-order valence-corrected chi connectivity index (χ3v) is 2.66. The second-order valence-electron chi connectivity index (χ2n) is 4.20. The Kier molecular flexibility index (Phi) is 4.44. The molecule has 21 heavy (non-hydrogen) atoms. The molecule has 2 amide bonds. The summed E-state index contributed by atoms with van der Waals surface area (Å²) in [5, 5.41) is 25.0. The largest absolute Gasteiger partial charge is 0.478 e. The summed E-state index contributed by atoms with van der Waals surface area (Å²) in [5.74, 6) is -0.889. The molecule has 0 unspecified atom stereocenters. The molecule has 110 valence electrons. The van der Waals surface area contributed by atoms with Crippen LogP contribution in [0, 0.1) is 0 Å². The topological polar surface area (TPSA) is 122 Å². The highest BCUT2D eigenvalue weighted by molar-refractivity contribution is 5.89. The van der Waals surface area contributed by atoms with Gasteiger partial charge in [0.15, 0.2) is 0 Å². The van der Waals surface area contributed by atoms with Crippen molar-refractivity contribution in [2.45, 2.75) is 6.42 Å². The van der Waals surface area contributed by atoms with Gasteiger partial charge in [-0.1, -0.05) is 23.3 Å². The number of nitrogens with zero attached hydrogens (tertiary/aromatic N) is 4. The molecule has 2 aromatic rings. The molecule has 1 aromatic heterocycles. The molecule has 0 aliphatic carbocycles. The molecule has 0 aliphatic heterocycles. The monoisotopic (exact) mass is 290 g/mol. The first-order valence-corrected chi connectivity index (χ1v) is 6.16. The van der Waals surface area contributed by atoms with Gasteiger partial charge < -0.3 is 10.4 Å². The Labute approximate surface area is 120 Å². The van der Waals surface area contributed by atoms with E-state index in [9.17, 15) is 9.59 Å². The van der Waals surface area contributed by atoms with E-state index in [-0.39, 0.29) is 18.1 Å². The maximum absolute atomic E-state index is 11.6. The number of carboxylic acids is 1. The van der Waals surface area contributed by atoms with E-state index in [1.807, 2.05) is 0 Å². The summed E-state index contributed by atoms with van der Waals surface area (Å²) in [6.07, 6.45) is 0.407. The second kappa shape index (κ2) is 6.46. The summed E-state index contributed by atoms with van der Waals surface area (Å²) in [6.45, 7) is 0.288. The van der Waals surface area contributed by atoms with Crippen molar-refractivity contribution in [2.75, 3.05) is 11.9 Å². The minimum atomic E-state index is -0.987. The van der Waals surface area contributed by atoms with Crippen LogP contribution < -0.4 is 10.6 Å². The van der Waals surface area contributed by atoms with Crippen LogP contribution in [0.2, 0.25) is 0 Å². The molecule has 0 saturated heterocycles. The predicted octanol–water partition coefficient (Wildman–Crippen LogP) is 0.272. The molecule has 2 rings (SSSR count). The van der Waals surface area contributed by atoms with E-state index >= 15 is 0 Å². The maximum Gasteiger partial charge on any atom is 0.335 e. The number of benzene rings is 1. The minimum Gasteiger partial charge on any atom is -0.478 e. The summed E-state index contributed by atoms with van der Waals surface area (Å²) >= 11 is 0. The molecule has 1 aromatic carbocycles. The van der Waals surface area contributed by atoms with Crippen LogP contribution in [0.5, 0.6) is 0 Å². The van der Waals surface area contributed by atoms with Gasteiger partial charge in [-0.3, -0.25) is 5.32 Å². The Morgan fingerprint density at radius 2 is 2.10 bits per heavy atom. The van der Waals surface area contributed by atoms with Gasteiger partial charge in [0.25, 0.3) is 5.95 Å². The molecule has 0 bridgehead atoms. The first-order chi connectivity index (χ1) is 10.1. The number of hydrogen-bond acceptors (Lipinski definition) is 5. The summed E-state index contributed by atoms with van der Waals surface area (Å²) in [6, 6.07) is 6.18. The third kappa shape index (κ3) is 4.00. The Morgan fingerprint density at radius 1 is 1.33 bits per heavy atom. The van der Waals surface area contributed by atoms with Crippen LogP contribution in [0.15, 0.2) is 24.3 Å². The number of amides is 2. The lowest BCUT2D eigenvalue weighted by molar-refractivity contribution is 0.0695. The van der Waals surface area contributed by atoms with Crippen molar-refractivity contribution < 1.29 is 14.7 Å². The smallest absolute Gasteiger partial charge is 0.335 e. The average Bonchev–Trinajstić information content (AvgIpc) is 2.84. The standard InChI is InChI=1S/C12H14N6O3/c1-18-16-11(15-17-18)14-12(21)13-7-6-8-4-2-3-5-9(8)10(19)20/h2-5H,6-7H2,1H3,(H,19,20)(H2,13,14,16,21). The summed E-state index contributed by atoms with van der Waals surface area (Å²) < 4.78 is 0. The van der Waals surface area contributed by atoms with Crippen molar-refractivity contribution in [3.05, 3.63) is 35.4 Å². The van der Waals surface area contributed by atoms with E-state index in [2.05, 4.69) is 26.0 Å². The van der Waals surface area contributed by atoms with Crippen LogP contribution in [0.3, 0.4) is 0 Å². The molecule has 9 nitrogen and oxygen atoms in total. The number of urea groups is 1. The van der Waals surface area contributed by atoms with Gasteiger partial charge in [0.1, 0.15) is 0 Å². The number of rotatable bonds is 5. The van der Waals surface area contributed by atoms with Gasteiger partial charge >= 0.3 is 12.0 Å². The van der Waals surface area contributed by atoms with Crippen molar-refractivity contribution in [1.29, 1.82) is 0 Å². The normalized spacial score (nSPS) is 10.1. The molecule has 0 fully saturated rings. The fourth-order valence-corrected chi connectivity index (χ4v) is 1.74. The van der Waals surface area contributed by atoms with E-state index in [0.717, 1.165) is 0 Å². The Hall–Kier alpha value is -2.97. The highest BCUT2D eigenvalue weighted by Crippen LogP contribution is 2.08. The number of carbonyl (C=O) groups is 2. The van der Waals surface area contributed by atoms with Gasteiger partial charge in [-0.05, 0) is 23.3 Å². The van der Waals surface area contributed by atoms with E-state index in [4.69, 9.17) is 5.11 Å². The number of carbonyl (C=O) groups excluding carboxylic acids is 1. The highest BCUT2D eigenvalue weighted by Gasteiger charge is 2.10. The van der Waals surface area contributed by atoms with Crippen molar-refractivity contribution in [3.63, 3.8) is 0 Å². The number of hydrogen-bond donors (Lipinski definition) is 3. The number of aromatic carboxylic acids is 1. The predicted molar refractivity (Wildman–Crippen MR) is 72.9 cm³/mol. The zero-order chi connectivity index (χ0) is 15.2. The van der Waals surface area contributed by atoms with E-state index in [1.165, 1.54) is 10.9 Å². The summed E-state index contributed by atoms with van der Waals surface area (Å²) in [7, 11) is 1.58. The molecular weight excluding hydrogens is 276 g/mol. The van der Waals surface area contributed by atoms with Gasteiger partial charge in [0.05, 0.1) is 12.6 Å². The summed E-state index contributed by atoms with van der Waals surface area (Å²) in [5.41, 5.74) is 0.887. The molecule has 0 spiro atoms. The summed E-state index contributed by atoms with van der Waals surface area (Å²) in [4.78, 5) is 23.8. The van der Waals surface area contributed by atoms with Gasteiger partial charge in [-0.15, -0.1) is 5.10 Å². The number of tetrazole rings is 1. The van der Waals surface area contributed by atoms with E-state index in [1.54, 1.807) is 25.2 Å². The number of carboxylic acid groups (broad SMARTS) is 1. The molecule has 0 radical (unpaired) electrons. The molecule has 1 heterocycles. The van der Waals surface area contributed by atoms with Gasteiger partial charge in [0, 0.05) is 6.54 Å². The third-order valence-electron chi connectivity index (χ3n) is 2.66. The highest BCUT2D eigenvalue weighted by atomic mass is 16.4. The van der Waals surface area contributed by atoms with Crippen LogP contribution in [0.1, 0.15) is 15.9 Å². The molecule has 9 heteroatoms. The van der Waals surface area contributed by atoms with Crippen LogP contribution in [0.25, 0.3) is 0 Å². The fourth-order valence-electron chi connectivity index (χ4n) is 1.74. The van der Waals surface area contributed by atoms with Gasteiger partial charge in [-0.2, -0.15) is 4.80 Å². The Morgan fingerprint density at radius 3 is 2.76 bits per heavy atom. The number of anilines is 1. The Balaban J connectivity index is 1.84.